The Morgan fingerprint density at radius 1 is 1.26 bits per heavy atom. The van der Waals surface area contributed by atoms with E-state index in [9.17, 15) is 9.59 Å². The molecule has 1 aliphatic heterocycles. The van der Waals surface area contributed by atoms with Crippen LogP contribution in [0.15, 0.2) is 0 Å². The van der Waals surface area contributed by atoms with Crippen molar-refractivity contribution in [3.8, 4) is 0 Å². The third kappa shape index (κ3) is 6.01. The first kappa shape index (κ1) is 18.0. The monoisotopic (exact) mass is 324 g/mol. The zero-order chi connectivity index (χ0) is 16.8. The molecule has 2 atom stereocenters. The highest BCUT2D eigenvalue weighted by Crippen LogP contribution is 2.32. The fourth-order valence-electron chi connectivity index (χ4n) is 3.22. The summed E-state index contributed by atoms with van der Waals surface area (Å²) >= 11 is 0. The highest BCUT2D eigenvalue weighted by Gasteiger charge is 2.32. The molecule has 6 nitrogen and oxygen atoms in total. The molecule has 1 saturated heterocycles. The molecule has 1 aliphatic carbocycles. The van der Waals surface area contributed by atoms with E-state index in [1.165, 1.54) is 12.8 Å². The van der Waals surface area contributed by atoms with Gasteiger partial charge in [-0.05, 0) is 43.4 Å². The van der Waals surface area contributed by atoms with Crippen LogP contribution in [0.3, 0.4) is 0 Å². The van der Waals surface area contributed by atoms with Crippen molar-refractivity contribution >= 4 is 11.9 Å². The molecule has 2 fully saturated rings. The maximum atomic E-state index is 12.2. The van der Waals surface area contributed by atoms with Gasteiger partial charge in [0.15, 0.2) is 0 Å². The van der Waals surface area contributed by atoms with Crippen LogP contribution in [-0.4, -0.2) is 49.1 Å². The molecule has 2 unspecified atom stereocenters. The van der Waals surface area contributed by atoms with E-state index in [2.05, 4.69) is 24.5 Å². The predicted octanol–water partition coefficient (Wildman–Crippen LogP) is 1.31. The van der Waals surface area contributed by atoms with Crippen LogP contribution >= 0.6 is 0 Å². The SMILES string of the molecule is CC(C)CNC(=O)N1CCCC(CC(=O)NC(CN)C2CC2)C1. The van der Waals surface area contributed by atoms with Gasteiger partial charge in [-0.3, -0.25) is 4.79 Å². The number of urea groups is 1. The van der Waals surface area contributed by atoms with Gasteiger partial charge in [-0.25, -0.2) is 4.79 Å². The van der Waals surface area contributed by atoms with Gasteiger partial charge in [-0.15, -0.1) is 0 Å². The van der Waals surface area contributed by atoms with Crippen LogP contribution in [0.4, 0.5) is 4.79 Å². The summed E-state index contributed by atoms with van der Waals surface area (Å²) in [7, 11) is 0. The number of nitrogens with two attached hydrogens (primary N) is 1. The molecule has 6 heteroatoms. The average Bonchev–Trinajstić information content (AvgIpc) is 3.35. The third-order valence-electron chi connectivity index (χ3n) is 4.73. The summed E-state index contributed by atoms with van der Waals surface area (Å²) in [5.74, 6) is 1.36. The van der Waals surface area contributed by atoms with Gasteiger partial charge in [0.05, 0.1) is 0 Å². The molecule has 2 rings (SSSR count). The summed E-state index contributed by atoms with van der Waals surface area (Å²) in [4.78, 5) is 26.2. The lowest BCUT2D eigenvalue weighted by atomic mass is 9.94. The maximum absolute atomic E-state index is 12.2. The highest BCUT2D eigenvalue weighted by atomic mass is 16.2. The van der Waals surface area contributed by atoms with Crippen molar-refractivity contribution < 1.29 is 9.59 Å². The zero-order valence-corrected chi connectivity index (χ0v) is 14.5. The summed E-state index contributed by atoms with van der Waals surface area (Å²) in [6.07, 6.45) is 4.83. The summed E-state index contributed by atoms with van der Waals surface area (Å²) in [5.41, 5.74) is 5.74. The van der Waals surface area contributed by atoms with Gasteiger partial charge in [0.2, 0.25) is 5.91 Å². The molecule has 0 bridgehead atoms. The van der Waals surface area contributed by atoms with Crippen molar-refractivity contribution in [2.24, 2.45) is 23.5 Å². The van der Waals surface area contributed by atoms with Crippen LogP contribution in [0.25, 0.3) is 0 Å². The van der Waals surface area contributed by atoms with Crippen LogP contribution in [0, 0.1) is 17.8 Å². The van der Waals surface area contributed by atoms with Gasteiger partial charge >= 0.3 is 6.03 Å². The Labute approximate surface area is 139 Å². The van der Waals surface area contributed by atoms with Gasteiger partial charge in [-0.2, -0.15) is 0 Å². The number of amides is 3. The molecule has 23 heavy (non-hydrogen) atoms. The summed E-state index contributed by atoms with van der Waals surface area (Å²) in [6.45, 7) is 6.84. The Hall–Kier alpha value is -1.30. The minimum atomic E-state index is 0.00150. The molecule has 4 N–H and O–H groups in total. The lowest BCUT2D eigenvalue weighted by Crippen LogP contribution is -2.48. The topological polar surface area (TPSA) is 87.5 Å². The second kappa shape index (κ2) is 8.52. The Balaban J connectivity index is 1.74. The second-order valence-corrected chi connectivity index (χ2v) is 7.49. The number of carbonyl (C=O) groups excluding carboxylic acids is 2. The van der Waals surface area contributed by atoms with E-state index in [-0.39, 0.29) is 23.9 Å². The zero-order valence-electron chi connectivity index (χ0n) is 14.5. The molecule has 3 amide bonds. The van der Waals surface area contributed by atoms with Crippen LogP contribution in [0.2, 0.25) is 0 Å². The number of nitrogens with zero attached hydrogens (tertiary/aromatic N) is 1. The number of hydrogen-bond donors (Lipinski definition) is 3. The number of likely N-dealkylation sites (tertiary alicyclic amines) is 1. The minimum absolute atomic E-state index is 0.00150. The third-order valence-corrected chi connectivity index (χ3v) is 4.73. The molecule has 2 aliphatic rings. The number of carbonyl (C=O) groups is 2. The van der Waals surface area contributed by atoms with E-state index in [4.69, 9.17) is 5.73 Å². The minimum Gasteiger partial charge on any atom is -0.352 e. The molecule has 1 saturated carbocycles. The van der Waals surface area contributed by atoms with Crippen molar-refractivity contribution in [2.45, 2.75) is 52.0 Å². The van der Waals surface area contributed by atoms with E-state index >= 15 is 0 Å². The highest BCUT2D eigenvalue weighted by molar-refractivity contribution is 5.77. The van der Waals surface area contributed by atoms with Crippen LogP contribution in [0.5, 0.6) is 0 Å². The smallest absolute Gasteiger partial charge is 0.317 e. The lowest BCUT2D eigenvalue weighted by molar-refractivity contribution is -0.123. The van der Waals surface area contributed by atoms with Crippen molar-refractivity contribution in [3.05, 3.63) is 0 Å². The quantitative estimate of drug-likeness (QED) is 0.660. The second-order valence-electron chi connectivity index (χ2n) is 7.49. The maximum Gasteiger partial charge on any atom is 0.317 e. The van der Waals surface area contributed by atoms with Crippen LogP contribution in [0.1, 0.15) is 46.0 Å². The normalized spacial score (nSPS) is 22.8. The molecule has 0 spiro atoms. The molecule has 0 radical (unpaired) electrons. The van der Waals surface area contributed by atoms with Crippen molar-refractivity contribution in [2.75, 3.05) is 26.2 Å². The summed E-state index contributed by atoms with van der Waals surface area (Å²) in [6, 6.07) is 0.137. The summed E-state index contributed by atoms with van der Waals surface area (Å²) < 4.78 is 0. The first-order valence-electron chi connectivity index (χ1n) is 9.01. The lowest BCUT2D eigenvalue weighted by Gasteiger charge is -2.33. The molecule has 0 aromatic heterocycles. The van der Waals surface area contributed by atoms with Crippen molar-refractivity contribution in [1.82, 2.24) is 15.5 Å². The summed E-state index contributed by atoms with van der Waals surface area (Å²) in [5, 5.41) is 6.04. The first-order chi connectivity index (χ1) is 11.0. The van der Waals surface area contributed by atoms with Gasteiger partial charge in [0.25, 0.3) is 0 Å². The number of rotatable bonds is 7. The number of piperidine rings is 1. The molecule has 1 heterocycles. The first-order valence-corrected chi connectivity index (χ1v) is 9.01. The Kier molecular flexibility index (Phi) is 6.69. The molecular weight excluding hydrogens is 292 g/mol. The predicted molar refractivity (Wildman–Crippen MR) is 90.9 cm³/mol. The Bertz CT molecular complexity index is 409. The van der Waals surface area contributed by atoms with E-state index in [0.29, 0.717) is 37.9 Å². The van der Waals surface area contributed by atoms with Gasteiger partial charge < -0.3 is 21.3 Å². The molecular formula is C17H32N4O2. The van der Waals surface area contributed by atoms with E-state index < -0.39 is 0 Å². The van der Waals surface area contributed by atoms with Crippen molar-refractivity contribution in [3.63, 3.8) is 0 Å². The molecule has 132 valence electrons. The van der Waals surface area contributed by atoms with Gasteiger partial charge in [-0.1, -0.05) is 13.8 Å². The average molecular weight is 324 g/mol. The fraction of sp³-hybridized carbons (Fsp3) is 0.882. The largest absolute Gasteiger partial charge is 0.352 e. The number of nitrogens with one attached hydrogen (secondary N) is 2. The standard InChI is InChI=1S/C17H32N4O2/c1-12(2)10-19-17(23)21-7-3-4-13(11-21)8-16(22)20-15(9-18)14-5-6-14/h12-15H,3-11,18H2,1-2H3,(H,19,23)(H,20,22). The number of hydrogen-bond acceptors (Lipinski definition) is 3. The Morgan fingerprint density at radius 2 is 2.00 bits per heavy atom. The van der Waals surface area contributed by atoms with Crippen molar-refractivity contribution in [1.29, 1.82) is 0 Å². The van der Waals surface area contributed by atoms with Gasteiger partial charge in [0.1, 0.15) is 0 Å². The molecule has 0 aromatic carbocycles. The van der Waals surface area contributed by atoms with E-state index in [1.54, 1.807) is 0 Å². The molecule has 0 aromatic rings. The van der Waals surface area contributed by atoms with Gasteiger partial charge in [0, 0.05) is 38.6 Å². The van der Waals surface area contributed by atoms with E-state index in [1.807, 2.05) is 4.90 Å². The fourth-order valence-corrected chi connectivity index (χ4v) is 3.22. The Morgan fingerprint density at radius 3 is 2.61 bits per heavy atom. The van der Waals surface area contributed by atoms with Crippen LogP contribution in [-0.2, 0) is 4.79 Å². The van der Waals surface area contributed by atoms with E-state index in [0.717, 1.165) is 19.4 Å². The van der Waals surface area contributed by atoms with Crippen LogP contribution < -0.4 is 16.4 Å².